The molecule has 4 rings (SSSR count). The van der Waals surface area contributed by atoms with Gasteiger partial charge < -0.3 is 5.32 Å². The largest absolute Gasteiger partial charge is 0.352 e. The molecule has 4 aromatic rings. The summed E-state index contributed by atoms with van der Waals surface area (Å²) in [5, 5.41) is 8.42. The second-order valence-electron chi connectivity index (χ2n) is 6.77. The van der Waals surface area contributed by atoms with Crippen molar-refractivity contribution in [2.45, 2.75) is 20.4 Å². The molecule has 5 nitrogen and oxygen atoms in total. The second-order valence-corrected chi connectivity index (χ2v) is 8.68. The molecule has 0 bridgehead atoms. The van der Waals surface area contributed by atoms with Crippen LogP contribution in [0.3, 0.4) is 0 Å². The zero-order valence-corrected chi connectivity index (χ0v) is 17.9. The molecule has 2 N–H and O–H groups in total. The van der Waals surface area contributed by atoms with Crippen molar-refractivity contribution in [3.05, 3.63) is 69.7 Å². The van der Waals surface area contributed by atoms with Gasteiger partial charge in [0.1, 0.15) is 5.82 Å². The minimum atomic E-state index is -0.321. The van der Waals surface area contributed by atoms with Crippen molar-refractivity contribution in [3.8, 4) is 11.3 Å². The molecule has 0 aliphatic carbocycles. The van der Waals surface area contributed by atoms with Gasteiger partial charge in [0.05, 0.1) is 10.6 Å². The highest BCUT2D eigenvalue weighted by Gasteiger charge is 2.19. The van der Waals surface area contributed by atoms with E-state index in [0.29, 0.717) is 27.5 Å². The maximum atomic E-state index is 14.1. The lowest BCUT2D eigenvalue weighted by Crippen LogP contribution is -2.18. The lowest BCUT2D eigenvalue weighted by Gasteiger charge is -2.03. The van der Waals surface area contributed by atoms with Crippen molar-refractivity contribution in [1.29, 1.82) is 0 Å². The van der Waals surface area contributed by atoms with Crippen LogP contribution in [0.4, 0.5) is 9.52 Å². The van der Waals surface area contributed by atoms with Gasteiger partial charge in [-0.3, -0.25) is 14.9 Å². The van der Waals surface area contributed by atoms with E-state index in [-0.39, 0.29) is 17.6 Å². The summed E-state index contributed by atoms with van der Waals surface area (Å²) in [6.07, 6.45) is 0. The first-order valence-electron chi connectivity index (χ1n) is 9.20. The molecule has 0 spiro atoms. The maximum Gasteiger partial charge on any atom is 0.267 e. The van der Waals surface area contributed by atoms with Gasteiger partial charge >= 0.3 is 0 Å². The first kappa shape index (κ1) is 20.2. The molecule has 0 saturated carbocycles. The highest BCUT2D eigenvalue weighted by Crippen LogP contribution is 2.33. The zero-order valence-electron chi connectivity index (χ0n) is 16.3. The van der Waals surface area contributed by atoms with Crippen molar-refractivity contribution in [1.82, 2.24) is 10.3 Å². The number of rotatable bonds is 5. The number of hydrogen-bond donors (Lipinski definition) is 2. The smallest absolute Gasteiger partial charge is 0.267 e. The number of anilines is 1. The van der Waals surface area contributed by atoms with Gasteiger partial charge in [0, 0.05) is 34.5 Å². The highest BCUT2D eigenvalue weighted by atomic mass is 32.1. The van der Waals surface area contributed by atoms with E-state index in [1.54, 1.807) is 13.0 Å². The van der Waals surface area contributed by atoms with Crippen LogP contribution in [0.15, 0.2) is 47.8 Å². The second kappa shape index (κ2) is 8.33. The first-order valence-corrected chi connectivity index (χ1v) is 10.9. The molecule has 152 valence electrons. The van der Waals surface area contributed by atoms with Gasteiger partial charge in [-0.05, 0) is 30.2 Å². The molecule has 2 aromatic carbocycles. The summed E-state index contributed by atoms with van der Waals surface area (Å²) in [5.74, 6) is -0.686. The summed E-state index contributed by atoms with van der Waals surface area (Å²) in [7, 11) is 0. The molecule has 2 aromatic heterocycles. The molecule has 0 aliphatic heterocycles. The van der Waals surface area contributed by atoms with E-state index in [2.05, 4.69) is 15.6 Å². The highest BCUT2D eigenvalue weighted by molar-refractivity contribution is 7.21. The van der Waals surface area contributed by atoms with Gasteiger partial charge in [-0.2, -0.15) is 0 Å². The summed E-state index contributed by atoms with van der Waals surface area (Å²) in [5.41, 5.74) is 3.29. The monoisotopic (exact) mass is 439 g/mol. The summed E-state index contributed by atoms with van der Waals surface area (Å²) < 4.78 is 14.8. The summed E-state index contributed by atoms with van der Waals surface area (Å²) in [4.78, 5) is 28.7. The molecule has 8 heteroatoms. The van der Waals surface area contributed by atoms with Crippen LogP contribution in [0, 0.1) is 12.7 Å². The number of aryl methyl sites for hydroxylation is 1. The van der Waals surface area contributed by atoms with Crippen molar-refractivity contribution in [3.63, 3.8) is 0 Å². The Morgan fingerprint density at radius 2 is 1.90 bits per heavy atom. The molecule has 0 fully saturated rings. The third kappa shape index (κ3) is 4.10. The number of thiazole rings is 1. The normalized spacial score (nSPS) is 10.9. The molecule has 0 aliphatic rings. The van der Waals surface area contributed by atoms with Gasteiger partial charge in [0.15, 0.2) is 5.13 Å². The molecular formula is C22H18FN3O2S2. The fraction of sp³-hybridized carbons (Fsp3) is 0.136. The zero-order chi connectivity index (χ0) is 21.3. The molecule has 0 radical (unpaired) electrons. The van der Waals surface area contributed by atoms with Crippen molar-refractivity contribution in [2.24, 2.45) is 0 Å². The Hall–Kier alpha value is -3.10. The van der Waals surface area contributed by atoms with E-state index in [0.717, 1.165) is 21.5 Å². The van der Waals surface area contributed by atoms with Crippen LogP contribution in [-0.2, 0) is 11.3 Å². The molecule has 30 heavy (non-hydrogen) atoms. The number of nitrogens with zero attached hydrogens (tertiary/aromatic N) is 1. The lowest BCUT2D eigenvalue weighted by molar-refractivity contribution is -0.119. The predicted octanol–water partition coefficient (Wildman–Crippen LogP) is 5.36. The average Bonchev–Trinajstić information content (AvgIpc) is 3.32. The van der Waals surface area contributed by atoms with Gasteiger partial charge in [0.2, 0.25) is 5.91 Å². The number of halogens is 1. The van der Waals surface area contributed by atoms with E-state index in [1.807, 2.05) is 35.7 Å². The van der Waals surface area contributed by atoms with E-state index in [4.69, 9.17) is 0 Å². The number of aromatic nitrogens is 1. The number of nitrogens with one attached hydrogen (secondary N) is 2. The summed E-state index contributed by atoms with van der Waals surface area (Å²) >= 11 is 2.60. The van der Waals surface area contributed by atoms with Crippen LogP contribution in [-0.4, -0.2) is 16.8 Å². The Labute approximate surface area is 180 Å². The van der Waals surface area contributed by atoms with Gasteiger partial charge in [-0.1, -0.05) is 30.3 Å². The van der Waals surface area contributed by atoms with Crippen LogP contribution < -0.4 is 10.6 Å². The molecule has 0 atom stereocenters. The molecule has 2 amide bonds. The van der Waals surface area contributed by atoms with Gasteiger partial charge in [0.25, 0.3) is 5.91 Å². The molecule has 2 heterocycles. The number of fused-ring (bicyclic) bond motifs is 1. The predicted molar refractivity (Wildman–Crippen MR) is 120 cm³/mol. The number of thiophene rings is 1. The third-order valence-corrected chi connectivity index (χ3v) is 6.64. The SMILES string of the molecule is CC(=O)NCc1ccc(-c2csc(NC(=O)c3sc4cccc(F)c4c3C)n2)cc1. The first-order chi connectivity index (χ1) is 14.4. The Morgan fingerprint density at radius 1 is 1.13 bits per heavy atom. The number of amides is 2. The van der Waals surface area contributed by atoms with Crippen molar-refractivity contribution >= 4 is 49.7 Å². The Kier molecular flexibility index (Phi) is 5.61. The fourth-order valence-corrected chi connectivity index (χ4v) is 4.94. The van der Waals surface area contributed by atoms with E-state index in [1.165, 1.54) is 35.7 Å². The maximum absolute atomic E-state index is 14.1. The minimum absolute atomic E-state index is 0.0735. The molecule has 0 unspecified atom stereocenters. The van der Waals surface area contributed by atoms with Crippen LogP contribution in [0.25, 0.3) is 21.3 Å². The quantitative estimate of drug-likeness (QED) is 0.440. The number of benzene rings is 2. The van der Waals surface area contributed by atoms with Gasteiger partial charge in [-0.15, -0.1) is 22.7 Å². The molecule has 0 saturated heterocycles. The topological polar surface area (TPSA) is 71.1 Å². The number of carbonyl (C=O) groups is 2. The molecular weight excluding hydrogens is 421 g/mol. The van der Waals surface area contributed by atoms with E-state index >= 15 is 0 Å². The standard InChI is InChI=1S/C22H18FN3O2S2/c1-12-19-16(23)4-3-5-18(19)30-20(12)21(28)26-22-25-17(11-29-22)15-8-6-14(7-9-15)10-24-13(2)27/h3-9,11H,10H2,1-2H3,(H,24,27)(H,25,26,28). The number of carbonyl (C=O) groups excluding carboxylic acids is 2. The van der Waals surface area contributed by atoms with Gasteiger partial charge in [-0.25, -0.2) is 9.37 Å². The summed E-state index contributed by atoms with van der Waals surface area (Å²) in [6.45, 7) is 3.71. The van der Waals surface area contributed by atoms with E-state index in [9.17, 15) is 14.0 Å². The Bertz CT molecular complexity index is 1250. The fourth-order valence-electron chi connectivity index (χ4n) is 3.11. The third-order valence-electron chi connectivity index (χ3n) is 4.63. The van der Waals surface area contributed by atoms with Crippen LogP contribution in [0.1, 0.15) is 27.7 Å². The van der Waals surface area contributed by atoms with Crippen LogP contribution in [0.5, 0.6) is 0 Å². The van der Waals surface area contributed by atoms with E-state index < -0.39 is 0 Å². The average molecular weight is 440 g/mol. The van der Waals surface area contributed by atoms with Crippen LogP contribution >= 0.6 is 22.7 Å². The van der Waals surface area contributed by atoms with Crippen molar-refractivity contribution in [2.75, 3.05) is 5.32 Å². The van der Waals surface area contributed by atoms with Crippen LogP contribution in [0.2, 0.25) is 0 Å². The Balaban J connectivity index is 1.50. The summed E-state index contributed by atoms with van der Waals surface area (Å²) in [6, 6.07) is 12.6. The lowest BCUT2D eigenvalue weighted by atomic mass is 10.1. The Morgan fingerprint density at radius 3 is 2.60 bits per heavy atom. The minimum Gasteiger partial charge on any atom is -0.352 e. The van der Waals surface area contributed by atoms with Crippen molar-refractivity contribution < 1.29 is 14.0 Å². The number of hydrogen-bond acceptors (Lipinski definition) is 5.